The maximum absolute atomic E-state index is 15.5. The zero-order chi connectivity index (χ0) is 31.1. The first-order valence-electron chi connectivity index (χ1n) is 16.7. The van der Waals surface area contributed by atoms with Crippen molar-refractivity contribution in [1.29, 1.82) is 0 Å². The van der Waals surface area contributed by atoms with Crippen molar-refractivity contribution in [2.24, 2.45) is 17.8 Å². The number of halogens is 4. The molecule has 2 saturated carbocycles. The number of ether oxygens (including phenoxy) is 1. The van der Waals surface area contributed by atoms with Crippen molar-refractivity contribution in [2.45, 2.75) is 96.3 Å². The van der Waals surface area contributed by atoms with Gasteiger partial charge in [0.05, 0.1) is 6.61 Å². The molecular weight excluding hydrogens is 560 g/mol. The van der Waals surface area contributed by atoms with Crippen molar-refractivity contribution in [1.82, 2.24) is 0 Å². The fourth-order valence-corrected chi connectivity index (χ4v) is 7.54. The molecule has 2 aliphatic carbocycles. The van der Waals surface area contributed by atoms with Crippen molar-refractivity contribution in [2.75, 3.05) is 6.61 Å². The zero-order valence-electron chi connectivity index (χ0n) is 26.0. The molecule has 2 aliphatic rings. The molecule has 0 unspecified atom stereocenters. The van der Waals surface area contributed by atoms with E-state index in [4.69, 9.17) is 4.74 Å². The fourth-order valence-electron chi connectivity index (χ4n) is 7.54. The molecule has 44 heavy (non-hydrogen) atoms. The third-order valence-corrected chi connectivity index (χ3v) is 10.2. The van der Waals surface area contributed by atoms with E-state index in [9.17, 15) is 8.78 Å². The summed E-state index contributed by atoms with van der Waals surface area (Å²) < 4.78 is 65.9. The van der Waals surface area contributed by atoms with E-state index in [2.05, 4.69) is 13.5 Å². The summed E-state index contributed by atoms with van der Waals surface area (Å²) in [6, 6.07) is 12.8. The van der Waals surface area contributed by atoms with E-state index in [1.807, 2.05) is 6.08 Å². The molecule has 5 rings (SSSR count). The monoisotopic (exact) mass is 606 g/mol. The first-order valence-corrected chi connectivity index (χ1v) is 16.7. The lowest BCUT2D eigenvalue weighted by molar-refractivity contribution is 0.156. The second-order valence-corrected chi connectivity index (χ2v) is 13.0. The Morgan fingerprint density at radius 3 is 1.84 bits per heavy atom. The highest BCUT2D eigenvalue weighted by Crippen LogP contribution is 2.45. The van der Waals surface area contributed by atoms with Gasteiger partial charge in [0.1, 0.15) is 0 Å². The molecule has 0 spiro atoms. The van der Waals surface area contributed by atoms with E-state index in [0.717, 1.165) is 63.2 Å². The summed E-state index contributed by atoms with van der Waals surface area (Å²) in [5.41, 5.74) is 1.67. The lowest BCUT2D eigenvalue weighted by Gasteiger charge is -2.38. The minimum atomic E-state index is -1.02. The number of allylic oxidation sites excluding steroid dienone is 1. The van der Waals surface area contributed by atoms with Crippen LogP contribution in [0.3, 0.4) is 0 Å². The molecule has 0 aromatic heterocycles. The molecule has 0 saturated heterocycles. The van der Waals surface area contributed by atoms with Crippen LogP contribution in [0.15, 0.2) is 61.2 Å². The smallest absolute Gasteiger partial charge is 0.201 e. The third kappa shape index (κ3) is 7.41. The Morgan fingerprint density at radius 1 is 0.682 bits per heavy atom. The quantitative estimate of drug-likeness (QED) is 0.113. The first kappa shape index (κ1) is 32.3. The molecule has 1 nitrogen and oxygen atoms in total. The molecule has 0 aliphatic heterocycles. The summed E-state index contributed by atoms with van der Waals surface area (Å²) >= 11 is 0. The van der Waals surface area contributed by atoms with Gasteiger partial charge in [0.25, 0.3) is 0 Å². The van der Waals surface area contributed by atoms with Gasteiger partial charge in [-0.25, -0.2) is 13.2 Å². The molecular formula is C39H46F4O. The lowest BCUT2D eigenvalue weighted by Crippen LogP contribution is -2.25. The van der Waals surface area contributed by atoms with Gasteiger partial charge in [-0.05, 0) is 110 Å². The van der Waals surface area contributed by atoms with Gasteiger partial charge < -0.3 is 4.74 Å². The number of rotatable bonds is 12. The summed E-state index contributed by atoms with van der Waals surface area (Å²) in [6.45, 7) is 6.24. The minimum absolute atomic E-state index is 0.0394. The van der Waals surface area contributed by atoms with Crippen LogP contribution in [-0.4, -0.2) is 6.61 Å². The van der Waals surface area contributed by atoms with E-state index < -0.39 is 23.3 Å². The van der Waals surface area contributed by atoms with Crippen molar-refractivity contribution < 1.29 is 22.3 Å². The van der Waals surface area contributed by atoms with Crippen LogP contribution in [0.1, 0.15) is 102 Å². The Bertz CT molecular complexity index is 1380. The van der Waals surface area contributed by atoms with Crippen LogP contribution in [0.2, 0.25) is 0 Å². The van der Waals surface area contributed by atoms with Crippen molar-refractivity contribution >= 4 is 0 Å². The lowest BCUT2D eigenvalue weighted by atomic mass is 9.68. The maximum Gasteiger partial charge on any atom is 0.201 e. The Kier molecular flexibility index (Phi) is 11.2. The van der Waals surface area contributed by atoms with Crippen LogP contribution in [0, 0.1) is 41.0 Å². The van der Waals surface area contributed by atoms with Crippen molar-refractivity contribution in [3.63, 3.8) is 0 Å². The van der Waals surface area contributed by atoms with Crippen LogP contribution >= 0.6 is 0 Å². The van der Waals surface area contributed by atoms with Gasteiger partial charge >= 0.3 is 0 Å². The SMILES string of the molecule is C=CCCC1CCC(C2CCC(c3ccc(-c4ccc(-c5ccc(OCCCCC)c(F)c5F)cc4)c(F)c3F)CC2)CC1. The van der Waals surface area contributed by atoms with Crippen molar-refractivity contribution in [3.8, 4) is 28.0 Å². The molecule has 2 fully saturated rings. The van der Waals surface area contributed by atoms with Gasteiger partial charge in [-0.15, -0.1) is 6.58 Å². The average molecular weight is 607 g/mol. The second kappa shape index (κ2) is 15.3. The molecule has 3 aromatic rings. The maximum atomic E-state index is 15.5. The highest BCUT2D eigenvalue weighted by Gasteiger charge is 2.32. The van der Waals surface area contributed by atoms with Crippen molar-refractivity contribution in [3.05, 3.63) is 90.0 Å². The first-order chi connectivity index (χ1) is 21.4. The van der Waals surface area contributed by atoms with E-state index in [-0.39, 0.29) is 22.8 Å². The molecule has 5 heteroatoms. The Balaban J connectivity index is 1.21. The van der Waals surface area contributed by atoms with Crippen LogP contribution in [0.5, 0.6) is 5.75 Å². The van der Waals surface area contributed by atoms with Gasteiger partial charge in [0.15, 0.2) is 23.2 Å². The van der Waals surface area contributed by atoms with E-state index >= 15 is 8.78 Å². The molecule has 0 N–H and O–H groups in total. The number of hydrogen-bond donors (Lipinski definition) is 0. The summed E-state index contributed by atoms with van der Waals surface area (Å²) in [5, 5.41) is 0. The molecule has 236 valence electrons. The van der Waals surface area contributed by atoms with Gasteiger partial charge in [-0.2, -0.15) is 4.39 Å². The Hall–Kier alpha value is -3.08. The molecule has 0 heterocycles. The predicted molar refractivity (Wildman–Crippen MR) is 172 cm³/mol. The summed E-state index contributed by atoms with van der Waals surface area (Å²) in [4.78, 5) is 0. The molecule has 0 radical (unpaired) electrons. The zero-order valence-corrected chi connectivity index (χ0v) is 26.0. The summed E-state index contributed by atoms with van der Waals surface area (Å²) in [7, 11) is 0. The number of hydrogen-bond acceptors (Lipinski definition) is 1. The minimum Gasteiger partial charge on any atom is -0.490 e. The number of unbranched alkanes of at least 4 members (excludes halogenated alkanes) is 2. The summed E-state index contributed by atoms with van der Waals surface area (Å²) in [6.07, 6.45) is 16.3. The topological polar surface area (TPSA) is 9.23 Å². The van der Waals surface area contributed by atoms with Crippen LogP contribution in [0.4, 0.5) is 17.6 Å². The summed E-state index contributed by atoms with van der Waals surface area (Å²) in [5.74, 6) is -1.38. The average Bonchev–Trinajstić information content (AvgIpc) is 3.06. The van der Waals surface area contributed by atoms with Crippen LogP contribution in [0.25, 0.3) is 22.3 Å². The van der Waals surface area contributed by atoms with Crippen LogP contribution in [-0.2, 0) is 0 Å². The standard InChI is InChI=1S/C39H46F4O/c1-3-5-7-25-44-35-24-23-34(38(42)39(35)43)31-19-17-30(18-20-31)33-22-21-32(36(40)37(33)41)29-15-13-28(14-16-29)27-11-9-26(10-12-27)8-6-4-2/h4,17-24,26-29H,2-3,5-16,25H2,1H3. The largest absolute Gasteiger partial charge is 0.490 e. The van der Waals surface area contributed by atoms with Crippen LogP contribution < -0.4 is 4.74 Å². The molecule has 0 amide bonds. The molecule has 3 aromatic carbocycles. The third-order valence-electron chi connectivity index (χ3n) is 10.2. The predicted octanol–water partition coefficient (Wildman–Crippen LogP) is 12.2. The van der Waals surface area contributed by atoms with Gasteiger partial charge in [-0.3, -0.25) is 0 Å². The molecule has 0 atom stereocenters. The van der Waals surface area contributed by atoms with Gasteiger partial charge in [-0.1, -0.05) is 75.1 Å². The normalized spacial score (nSPS) is 22.1. The second-order valence-electron chi connectivity index (χ2n) is 13.0. The Morgan fingerprint density at radius 2 is 1.25 bits per heavy atom. The van der Waals surface area contributed by atoms with E-state index in [1.54, 1.807) is 36.4 Å². The Labute approximate surface area is 260 Å². The highest BCUT2D eigenvalue weighted by molar-refractivity contribution is 5.72. The fraction of sp³-hybridized carbons (Fsp3) is 0.487. The molecule has 0 bridgehead atoms. The van der Waals surface area contributed by atoms with Gasteiger partial charge in [0, 0.05) is 11.1 Å². The van der Waals surface area contributed by atoms with E-state index in [0.29, 0.717) is 29.2 Å². The van der Waals surface area contributed by atoms with Gasteiger partial charge in [0.2, 0.25) is 5.82 Å². The van der Waals surface area contributed by atoms with E-state index in [1.165, 1.54) is 44.2 Å². The number of benzene rings is 3. The highest BCUT2D eigenvalue weighted by atomic mass is 19.2.